The Hall–Kier alpha value is -3.69. The van der Waals surface area contributed by atoms with Crippen LogP contribution >= 0.6 is 21.6 Å². The van der Waals surface area contributed by atoms with Gasteiger partial charge in [-0.2, -0.15) is 0 Å². The van der Waals surface area contributed by atoms with Crippen molar-refractivity contribution in [2.45, 2.75) is 127 Å². The lowest BCUT2D eigenvalue weighted by Crippen LogP contribution is -2.53. The second kappa shape index (κ2) is 19.0. The van der Waals surface area contributed by atoms with Crippen molar-refractivity contribution in [1.29, 1.82) is 0 Å². The number of cyclic esters (lactones) is 1. The molecule has 5 heterocycles. The Morgan fingerprint density at radius 3 is 2.52 bits per heavy atom. The fraction of sp³-hybridized carbons (Fsp3) is 0.635. The van der Waals surface area contributed by atoms with Gasteiger partial charge >= 0.3 is 11.9 Å². The van der Waals surface area contributed by atoms with E-state index < -0.39 is 22.7 Å². The number of allylic oxidation sites excluding steroid dienone is 4. The van der Waals surface area contributed by atoms with Gasteiger partial charge in [0.1, 0.15) is 22.8 Å². The fourth-order valence-electron chi connectivity index (χ4n) is 14.3. The maximum absolute atomic E-state index is 15.1. The number of amides is 2. The van der Waals surface area contributed by atoms with Gasteiger partial charge in [0, 0.05) is 67.0 Å². The molecule has 7 bridgehead atoms. The Labute approximate surface area is 396 Å². The number of esters is 2. The summed E-state index contributed by atoms with van der Waals surface area (Å²) in [7, 11) is 2.96. The Morgan fingerprint density at radius 2 is 1.77 bits per heavy atom. The van der Waals surface area contributed by atoms with E-state index in [9.17, 15) is 29.7 Å². The quantitative estimate of drug-likeness (QED) is 0.0944. The maximum atomic E-state index is 15.1. The molecule has 0 radical (unpaired) electrons. The average Bonchev–Trinajstić information content (AvgIpc) is 4.09. The molecule has 1 saturated heterocycles. The van der Waals surface area contributed by atoms with E-state index in [2.05, 4.69) is 29.4 Å². The number of imide groups is 1. The topological polar surface area (TPSA) is 176 Å². The average molecular weight is 940 g/mol. The van der Waals surface area contributed by atoms with Crippen molar-refractivity contribution in [2.24, 2.45) is 52.3 Å². The van der Waals surface area contributed by atoms with Crippen molar-refractivity contribution in [2.75, 3.05) is 31.0 Å². The number of aromatic nitrogens is 1. The summed E-state index contributed by atoms with van der Waals surface area (Å²) in [6, 6.07) is 3.87. The van der Waals surface area contributed by atoms with Crippen molar-refractivity contribution >= 4 is 51.2 Å². The van der Waals surface area contributed by atoms with Gasteiger partial charge in [0.05, 0.1) is 16.9 Å². The highest BCUT2D eigenvalue weighted by Crippen LogP contribution is 2.72. The first-order valence-electron chi connectivity index (χ1n) is 24.8. The smallest absolute Gasteiger partial charge is 0.340 e. The van der Waals surface area contributed by atoms with Crippen molar-refractivity contribution in [3.63, 3.8) is 0 Å². The second-order valence-electron chi connectivity index (χ2n) is 20.7. The number of nitrogens with zero attached hydrogens (tertiary/aromatic N) is 2. The standard InChI is InChI=1S/C52H65N3O9S2/c1-2-51(19-3-4-20-51)26-39-37-12-11-36-35-17-21-52(46(36)45(37)48(60)63-39)40-14-13-34(32-9-7-30(8-10-32)24-31(28-57)6-5-23-56)50(62)66-65-29-54-41-25-33(18-22-53-41)38(44(35)47(52)49(61)64-40)27-55-42(58)15-16-43(55)59/h14-16,18,22,25-26,30-32,34-36,38,46,50,56-57,62H,2-13,17,19-21,23-24,27-29H2,1H3,(H,53,54). The van der Waals surface area contributed by atoms with E-state index in [1.165, 1.54) is 38.6 Å². The molecule has 14 heteroatoms. The molecular formula is C52H65N3O9S2. The van der Waals surface area contributed by atoms with Crippen LogP contribution in [-0.2, 0) is 28.7 Å². The molecule has 66 heavy (non-hydrogen) atoms. The molecule has 10 aliphatic rings. The number of carbonyl (C=O) groups excluding carboxylic acids is 4. The van der Waals surface area contributed by atoms with Gasteiger partial charge in [-0.25, -0.2) is 14.6 Å². The van der Waals surface area contributed by atoms with E-state index >= 15 is 4.79 Å². The Kier molecular flexibility index (Phi) is 13.3. The molecule has 354 valence electrons. The van der Waals surface area contributed by atoms with Crippen LogP contribution in [0.5, 0.6) is 0 Å². The predicted octanol–water partition coefficient (Wildman–Crippen LogP) is 8.64. The molecule has 8 atom stereocenters. The molecule has 11 rings (SSSR count). The predicted molar refractivity (Wildman–Crippen MR) is 253 cm³/mol. The first kappa shape index (κ1) is 46.1. The molecular weight excluding hydrogens is 875 g/mol. The van der Waals surface area contributed by atoms with E-state index in [0.717, 1.165) is 100 Å². The summed E-state index contributed by atoms with van der Waals surface area (Å²) in [4.78, 5) is 62.3. The lowest BCUT2D eigenvalue weighted by Gasteiger charge is -2.57. The lowest BCUT2D eigenvalue weighted by atomic mass is 9.43. The summed E-state index contributed by atoms with van der Waals surface area (Å²) >= 11 is 0. The van der Waals surface area contributed by atoms with Crippen LogP contribution in [0.3, 0.4) is 0 Å². The molecule has 8 unspecified atom stereocenters. The zero-order chi connectivity index (χ0) is 45.7. The Morgan fingerprint density at radius 1 is 0.985 bits per heavy atom. The minimum Gasteiger partial charge on any atom is -0.427 e. The third-order valence-electron chi connectivity index (χ3n) is 17.6. The number of ether oxygens (including phenoxy) is 2. The van der Waals surface area contributed by atoms with Gasteiger partial charge in [-0.1, -0.05) is 54.2 Å². The van der Waals surface area contributed by atoms with Gasteiger partial charge in [-0.15, -0.1) is 0 Å². The van der Waals surface area contributed by atoms with Gasteiger partial charge in [-0.05, 0) is 154 Å². The number of hydrogen-bond donors (Lipinski definition) is 4. The van der Waals surface area contributed by atoms with E-state index in [1.807, 2.05) is 12.1 Å². The third kappa shape index (κ3) is 8.15. The Bertz CT molecular complexity index is 2260. The normalized spacial score (nSPS) is 34.9. The van der Waals surface area contributed by atoms with Gasteiger partial charge in [0.25, 0.3) is 11.8 Å². The number of aliphatic hydroxyl groups excluding tert-OH is 3. The number of aliphatic hydroxyl groups is 3. The summed E-state index contributed by atoms with van der Waals surface area (Å²) in [6.45, 7) is 2.52. The van der Waals surface area contributed by atoms with E-state index in [4.69, 9.17) is 9.47 Å². The number of anilines is 1. The molecule has 4 fully saturated rings. The van der Waals surface area contributed by atoms with Gasteiger partial charge in [0.15, 0.2) is 0 Å². The highest BCUT2D eigenvalue weighted by Gasteiger charge is 2.69. The number of carbonyl (C=O) groups is 4. The summed E-state index contributed by atoms with van der Waals surface area (Å²) in [5.41, 5.74) is 2.23. The zero-order valence-electron chi connectivity index (χ0n) is 38.1. The number of pyridine rings is 1. The van der Waals surface area contributed by atoms with Crippen LogP contribution in [0.15, 0.2) is 76.4 Å². The highest BCUT2D eigenvalue weighted by molar-refractivity contribution is 8.76. The van der Waals surface area contributed by atoms with E-state index in [1.54, 1.807) is 6.20 Å². The van der Waals surface area contributed by atoms with Crippen molar-refractivity contribution in [3.8, 4) is 0 Å². The van der Waals surface area contributed by atoms with Gasteiger partial charge < -0.3 is 30.1 Å². The van der Waals surface area contributed by atoms with Gasteiger partial charge in [0.2, 0.25) is 0 Å². The third-order valence-corrected chi connectivity index (χ3v) is 19.9. The van der Waals surface area contributed by atoms with Crippen LogP contribution in [0.1, 0.15) is 128 Å². The van der Waals surface area contributed by atoms with Crippen LogP contribution in [-0.4, -0.2) is 80.0 Å². The lowest BCUT2D eigenvalue weighted by molar-refractivity contribution is -0.137. The van der Waals surface area contributed by atoms with Crippen LogP contribution in [0.2, 0.25) is 0 Å². The second-order valence-corrected chi connectivity index (χ2v) is 23.2. The van der Waals surface area contributed by atoms with Crippen molar-refractivity contribution in [1.82, 2.24) is 9.88 Å². The number of nitrogens with one attached hydrogen (secondary N) is 1. The molecule has 6 aliphatic carbocycles. The fourth-order valence-corrected chi connectivity index (χ4v) is 16.4. The monoisotopic (exact) mass is 939 g/mol. The largest absolute Gasteiger partial charge is 0.427 e. The number of rotatable bonds is 11. The van der Waals surface area contributed by atoms with Gasteiger partial charge in [-0.3, -0.25) is 14.5 Å². The molecule has 1 spiro atoms. The van der Waals surface area contributed by atoms with E-state index in [0.29, 0.717) is 66.0 Å². The summed E-state index contributed by atoms with van der Waals surface area (Å²) in [6.07, 6.45) is 23.7. The SMILES string of the molecule is CCC1(C=C2OC(=O)C3=C2CCC2C4CCC5(C6=CCC(C7CCC(CC(CO)CCCO)CC7)C(O)SSCNc7cc(ccn7)C(CN7C(=O)C=CC7=O)C4=C5C(=O)O6)C32)CCCC1. The van der Waals surface area contributed by atoms with Crippen molar-refractivity contribution < 1.29 is 44.0 Å². The molecule has 1 aromatic rings. The van der Waals surface area contributed by atoms with Crippen LogP contribution in [0, 0.1) is 52.3 Å². The van der Waals surface area contributed by atoms with E-state index in [-0.39, 0.29) is 78.5 Å². The molecule has 4 aliphatic heterocycles. The summed E-state index contributed by atoms with van der Waals surface area (Å²) in [5, 5.41) is 35.1. The summed E-state index contributed by atoms with van der Waals surface area (Å²) < 4.78 is 13.0. The molecule has 0 aromatic carbocycles. The van der Waals surface area contributed by atoms with Crippen LogP contribution in [0.4, 0.5) is 5.82 Å². The molecule has 1 aromatic heterocycles. The minimum atomic E-state index is -0.985. The number of fused-ring (bicyclic) bond motifs is 3. The summed E-state index contributed by atoms with van der Waals surface area (Å²) in [5.74, 6) is 0.472. The maximum Gasteiger partial charge on any atom is 0.340 e. The first-order chi connectivity index (χ1) is 32.1. The van der Waals surface area contributed by atoms with Crippen LogP contribution < -0.4 is 5.32 Å². The Balaban J connectivity index is 1.09. The molecule has 12 nitrogen and oxygen atoms in total. The minimum absolute atomic E-state index is 0.00637. The van der Waals surface area contributed by atoms with Crippen molar-refractivity contribution in [3.05, 3.63) is 82.0 Å². The first-order valence-corrected chi connectivity index (χ1v) is 27.2. The van der Waals surface area contributed by atoms with Crippen LogP contribution in [0.25, 0.3) is 0 Å². The molecule has 2 amide bonds. The zero-order valence-corrected chi connectivity index (χ0v) is 39.7. The number of hydrogen-bond acceptors (Lipinski definition) is 13. The highest BCUT2D eigenvalue weighted by atomic mass is 33.1. The molecule has 4 N–H and O–H groups in total. The molecule has 3 saturated carbocycles.